The highest BCUT2D eigenvalue weighted by atomic mass is 16.5. The molecule has 152 valence electrons. The molecule has 0 radical (unpaired) electrons. The highest BCUT2D eigenvalue weighted by Gasteiger charge is 2.41. The van der Waals surface area contributed by atoms with Crippen LogP contribution in [0.15, 0.2) is 46.8 Å². The Morgan fingerprint density at radius 1 is 1.11 bits per heavy atom. The fourth-order valence-electron chi connectivity index (χ4n) is 3.81. The van der Waals surface area contributed by atoms with Gasteiger partial charge in [-0.15, -0.1) is 0 Å². The van der Waals surface area contributed by atoms with Crippen molar-refractivity contribution in [2.75, 3.05) is 6.61 Å². The maximum atomic E-state index is 12.8. The monoisotopic (exact) mass is 372 g/mol. The molecule has 0 heterocycles. The Labute approximate surface area is 167 Å². The van der Waals surface area contributed by atoms with Gasteiger partial charge in [0, 0.05) is 18.4 Å². The summed E-state index contributed by atoms with van der Waals surface area (Å²) in [6, 6.07) is 0. The first-order chi connectivity index (χ1) is 12.7. The highest BCUT2D eigenvalue weighted by molar-refractivity contribution is 5.93. The fourth-order valence-corrected chi connectivity index (χ4v) is 3.81. The second-order valence-corrected chi connectivity index (χ2v) is 8.76. The van der Waals surface area contributed by atoms with Crippen LogP contribution < -0.4 is 0 Å². The Morgan fingerprint density at radius 2 is 1.78 bits per heavy atom. The number of carbonyl (C=O) groups excluding carboxylic acids is 1. The van der Waals surface area contributed by atoms with Crippen molar-refractivity contribution in [1.29, 1.82) is 0 Å². The van der Waals surface area contributed by atoms with Crippen LogP contribution in [0.1, 0.15) is 87.0 Å². The van der Waals surface area contributed by atoms with Crippen LogP contribution in [0, 0.1) is 11.3 Å². The summed E-state index contributed by atoms with van der Waals surface area (Å²) in [6.07, 6.45) is 14.6. The number of hydrogen-bond donors (Lipinski definition) is 0. The molecule has 1 aliphatic rings. The van der Waals surface area contributed by atoms with Crippen LogP contribution in [-0.2, 0) is 9.53 Å². The third-order valence-electron chi connectivity index (χ3n) is 5.46. The molecule has 0 saturated heterocycles. The number of ether oxygens (including phenoxy) is 1. The molecule has 0 N–H and O–H groups in total. The zero-order valence-corrected chi connectivity index (χ0v) is 18.7. The summed E-state index contributed by atoms with van der Waals surface area (Å²) in [5, 5.41) is 0. The minimum atomic E-state index is -0.0427. The Kier molecular flexibility index (Phi) is 9.83. The van der Waals surface area contributed by atoms with Crippen molar-refractivity contribution >= 4 is 5.78 Å². The first kappa shape index (κ1) is 23.5. The lowest BCUT2D eigenvalue weighted by atomic mass is 9.65. The van der Waals surface area contributed by atoms with Gasteiger partial charge in [-0.05, 0) is 79.1 Å². The molecule has 2 heteroatoms. The molecule has 2 atom stereocenters. The van der Waals surface area contributed by atoms with Crippen molar-refractivity contribution in [2.45, 2.75) is 87.0 Å². The van der Waals surface area contributed by atoms with Crippen molar-refractivity contribution in [3.05, 3.63) is 46.8 Å². The van der Waals surface area contributed by atoms with Gasteiger partial charge in [0.25, 0.3) is 0 Å². The smallest absolute Gasteiger partial charge is 0.162 e. The molecule has 0 spiro atoms. The summed E-state index contributed by atoms with van der Waals surface area (Å²) >= 11 is 0. The van der Waals surface area contributed by atoms with Gasteiger partial charge in [0.15, 0.2) is 5.78 Å². The van der Waals surface area contributed by atoms with Gasteiger partial charge in [-0.25, -0.2) is 0 Å². The molecule has 27 heavy (non-hydrogen) atoms. The molecule has 0 aromatic heterocycles. The highest BCUT2D eigenvalue weighted by Crippen LogP contribution is 2.45. The maximum Gasteiger partial charge on any atom is 0.162 e. The SMILES string of the molecule is CCOC1=CC(=O)[C@@H](CC=C(C)C)[C@@](C)(CC/C=C(\C)CCC=C(C)C)C1. The van der Waals surface area contributed by atoms with E-state index in [9.17, 15) is 4.79 Å². The molecule has 1 aliphatic carbocycles. The van der Waals surface area contributed by atoms with Crippen LogP contribution in [0.2, 0.25) is 0 Å². The van der Waals surface area contributed by atoms with Crippen LogP contribution in [-0.4, -0.2) is 12.4 Å². The average Bonchev–Trinajstić information content (AvgIpc) is 2.53. The van der Waals surface area contributed by atoms with E-state index in [1.807, 2.05) is 6.92 Å². The molecule has 2 nitrogen and oxygen atoms in total. The Morgan fingerprint density at radius 3 is 2.37 bits per heavy atom. The topological polar surface area (TPSA) is 26.3 Å². The Hall–Kier alpha value is -1.57. The van der Waals surface area contributed by atoms with E-state index in [2.05, 4.69) is 59.8 Å². The van der Waals surface area contributed by atoms with E-state index in [-0.39, 0.29) is 17.1 Å². The molecule has 1 rings (SSSR count). The van der Waals surface area contributed by atoms with E-state index in [4.69, 9.17) is 4.74 Å². The molecule has 0 amide bonds. The third-order valence-corrected chi connectivity index (χ3v) is 5.46. The number of ketones is 1. The predicted molar refractivity (Wildman–Crippen MR) is 117 cm³/mol. The van der Waals surface area contributed by atoms with Gasteiger partial charge in [0.05, 0.1) is 6.61 Å². The molecule has 0 unspecified atom stereocenters. The van der Waals surface area contributed by atoms with E-state index in [0.717, 1.165) is 44.3 Å². The number of carbonyl (C=O) groups is 1. The number of rotatable bonds is 10. The second kappa shape index (κ2) is 11.3. The fraction of sp³-hybridized carbons (Fsp3) is 0.640. The minimum absolute atomic E-state index is 0.0427. The van der Waals surface area contributed by atoms with E-state index < -0.39 is 0 Å². The summed E-state index contributed by atoms with van der Waals surface area (Å²) in [5.41, 5.74) is 4.06. The third kappa shape index (κ3) is 8.32. The van der Waals surface area contributed by atoms with Crippen molar-refractivity contribution in [3.63, 3.8) is 0 Å². The van der Waals surface area contributed by atoms with Crippen molar-refractivity contribution < 1.29 is 9.53 Å². The van der Waals surface area contributed by atoms with E-state index in [0.29, 0.717) is 6.61 Å². The van der Waals surface area contributed by atoms with E-state index in [1.165, 1.54) is 16.7 Å². The molecule has 0 bridgehead atoms. The summed E-state index contributed by atoms with van der Waals surface area (Å²) in [5.74, 6) is 1.15. The quantitative estimate of drug-likeness (QED) is 0.375. The van der Waals surface area contributed by atoms with Crippen LogP contribution in [0.25, 0.3) is 0 Å². The van der Waals surface area contributed by atoms with E-state index in [1.54, 1.807) is 6.08 Å². The largest absolute Gasteiger partial charge is 0.498 e. The molecule has 0 aliphatic heterocycles. The van der Waals surface area contributed by atoms with Gasteiger partial charge in [0.1, 0.15) is 5.76 Å². The molecular formula is C25H40O2. The number of allylic oxidation sites excluding steroid dienone is 8. The molecule has 0 fully saturated rings. The average molecular weight is 373 g/mol. The van der Waals surface area contributed by atoms with Crippen LogP contribution >= 0.6 is 0 Å². The van der Waals surface area contributed by atoms with Gasteiger partial charge in [-0.3, -0.25) is 4.79 Å². The van der Waals surface area contributed by atoms with Crippen molar-refractivity contribution in [3.8, 4) is 0 Å². The summed E-state index contributed by atoms with van der Waals surface area (Å²) in [7, 11) is 0. The maximum absolute atomic E-state index is 12.8. The zero-order valence-electron chi connectivity index (χ0n) is 18.7. The summed E-state index contributed by atoms with van der Waals surface area (Å²) in [4.78, 5) is 12.8. The van der Waals surface area contributed by atoms with Gasteiger partial charge in [-0.1, -0.05) is 41.9 Å². The Bertz CT molecular complexity index is 610. The first-order valence-electron chi connectivity index (χ1n) is 10.5. The van der Waals surface area contributed by atoms with Crippen molar-refractivity contribution in [1.82, 2.24) is 0 Å². The zero-order chi connectivity index (χ0) is 20.4. The lowest BCUT2D eigenvalue weighted by Crippen LogP contribution is -2.37. The normalized spacial score (nSPS) is 22.9. The molecular weight excluding hydrogens is 332 g/mol. The molecule has 0 aromatic rings. The van der Waals surface area contributed by atoms with Gasteiger partial charge in [0.2, 0.25) is 0 Å². The molecule has 0 aromatic carbocycles. The van der Waals surface area contributed by atoms with Crippen LogP contribution in [0.4, 0.5) is 0 Å². The lowest BCUT2D eigenvalue weighted by molar-refractivity contribution is -0.123. The van der Waals surface area contributed by atoms with Crippen molar-refractivity contribution in [2.24, 2.45) is 11.3 Å². The standard InChI is InChI=1S/C25H40O2/c1-8-27-22-17-24(26)23(15-14-20(4)5)25(7,18-22)16-10-13-21(6)12-9-11-19(2)3/h11,13-14,17,23H,8-10,12,15-16,18H2,1-7H3/b21-13+/t23-,25+/m1/s1. The Balaban J connectivity index is 2.84. The van der Waals surface area contributed by atoms with Crippen LogP contribution in [0.5, 0.6) is 0 Å². The second-order valence-electron chi connectivity index (χ2n) is 8.76. The van der Waals surface area contributed by atoms with Crippen LogP contribution in [0.3, 0.4) is 0 Å². The minimum Gasteiger partial charge on any atom is -0.498 e. The molecule has 0 saturated carbocycles. The lowest BCUT2D eigenvalue weighted by Gasteiger charge is -2.39. The van der Waals surface area contributed by atoms with Gasteiger partial charge in [-0.2, -0.15) is 0 Å². The summed E-state index contributed by atoms with van der Waals surface area (Å²) in [6.45, 7) is 15.6. The first-order valence-corrected chi connectivity index (χ1v) is 10.5. The predicted octanol–water partition coefficient (Wildman–Crippen LogP) is 7.33. The van der Waals surface area contributed by atoms with Gasteiger partial charge >= 0.3 is 0 Å². The summed E-state index contributed by atoms with van der Waals surface area (Å²) < 4.78 is 5.73. The number of hydrogen-bond acceptors (Lipinski definition) is 2. The van der Waals surface area contributed by atoms with Gasteiger partial charge < -0.3 is 4.74 Å². The van der Waals surface area contributed by atoms with E-state index >= 15 is 0 Å².